The number of carbonyl (C=O) groups is 4. The lowest BCUT2D eigenvalue weighted by molar-refractivity contribution is -0.166. The van der Waals surface area contributed by atoms with Crippen LogP contribution in [0.25, 0.3) is 0 Å². The number of carbonyl (C=O) groups excluding carboxylic acids is 4. The first kappa shape index (κ1) is 19.4. The van der Waals surface area contributed by atoms with Gasteiger partial charge in [0.15, 0.2) is 24.3 Å². The molecule has 1 N–H and O–H groups in total. The van der Waals surface area contributed by atoms with Gasteiger partial charge in [0.2, 0.25) is 6.41 Å². The SMILES string of the molecule is CC(=O)OC[C@H]1O[C@@H](n2cnc(NC=O)c2)[C@H](OC(C)=O)[C@@H]1OC(C)=O. The highest BCUT2D eigenvalue weighted by atomic mass is 16.7. The van der Waals surface area contributed by atoms with E-state index < -0.39 is 42.4 Å². The summed E-state index contributed by atoms with van der Waals surface area (Å²) in [6.07, 6.45) is -0.501. The molecule has 11 nitrogen and oxygen atoms in total. The summed E-state index contributed by atoms with van der Waals surface area (Å²) >= 11 is 0. The molecule has 1 saturated heterocycles. The van der Waals surface area contributed by atoms with E-state index in [1.807, 2.05) is 0 Å². The maximum absolute atomic E-state index is 11.5. The zero-order valence-electron chi connectivity index (χ0n) is 14.4. The number of ether oxygens (including phenoxy) is 4. The van der Waals surface area contributed by atoms with E-state index in [0.717, 1.165) is 0 Å². The fourth-order valence-electron chi connectivity index (χ4n) is 2.54. The third-order valence-corrected chi connectivity index (χ3v) is 3.44. The van der Waals surface area contributed by atoms with Crippen LogP contribution in [0, 0.1) is 0 Å². The largest absolute Gasteiger partial charge is 0.463 e. The number of aromatic nitrogens is 2. The predicted molar refractivity (Wildman–Crippen MR) is 83.6 cm³/mol. The Morgan fingerprint density at radius 1 is 1.19 bits per heavy atom. The number of nitrogens with one attached hydrogen (secondary N) is 1. The molecule has 0 aliphatic carbocycles. The van der Waals surface area contributed by atoms with Gasteiger partial charge < -0.3 is 28.8 Å². The van der Waals surface area contributed by atoms with Gasteiger partial charge in [0.25, 0.3) is 0 Å². The zero-order chi connectivity index (χ0) is 19.3. The number of hydrogen-bond donors (Lipinski definition) is 1. The summed E-state index contributed by atoms with van der Waals surface area (Å²) in [7, 11) is 0. The Labute approximate surface area is 148 Å². The smallest absolute Gasteiger partial charge is 0.303 e. The summed E-state index contributed by atoms with van der Waals surface area (Å²) in [6.45, 7) is 3.43. The van der Waals surface area contributed by atoms with Crippen LogP contribution in [-0.4, -0.2) is 58.8 Å². The van der Waals surface area contributed by atoms with Crippen molar-refractivity contribution >= 4 is 30.1 Å². The second-order valence-electron chi connectivity index (χ2n) is 5.48. The van der Waals surface area contributed by atoms with Crippen molar-refractivity contribution in [3.8, 4) is 0 Å². The molecule has 1 fully saturated rings. The number of imidazole rings is 1. The van der Waals surface area contributed by atoms with Crippen LogP contribution in [0.3, 0.4) is 0 Å². The number of rotatable bonds is 7. The fraction of sp³-hybridized carbons (Fsp3) is 0.533. The van der Waals surface area contributed by atoms with Crippen molar-refractivity contribution in [3.63, 3.8) is 0 Å². The third kappa shape index (κ3) is 4.79. The van der Waals surface area contributed by atoms with Crippen molar-refractivity contribution in [1.82, 2.24) is 9.55 Å². The highest BCUT2D eigenvalue weighted by molar-refractivity contribution is 5.68. The van der Waals surface area contributed by atoms with Crippen LogP contribution in [0.15, 0.2) is 12.5 Å². The molecule has 0 radical (unpaired) electrons. The van der Waals surface area contributed by atoms with E-state index in [1.54, 1.807) is 0 Å². The van der Waals surface area contributed by atoms with Crippen molar-refractivity contribution in [3.05, 3.63) is 12.5 Å². The molecule has 0 bridgehead atoms. The van der Waals surface area contributed by atoms with Gasteiger partial charge in [-0.15, -0.1) is 0 Å². The first-order valence-corrected chi connectivity index (χ1v) is 7.68. The first-order chi connectivity index (χ1) is 12.3. The van der Waals surface area contributed by atoms with E-state index in [2.05, 4.69) is 10.3 Å². The van der Waals surface area contributed by atoms with E-state index >= 15 is 0 Å². The van der Waals surface area contributed by atoms with Gasteiger partial charge in [-0.05, 0) is 0 Å². The number of esters is 3. The minimum absolute atomic E-state index is 0.199. The molecule has 4 atom stereocenters. The molecule has 1 aliphatic heterocycles. The maximum Gasteiger partial charge on any atom is 0.303 e. The molecule has 11 heteroatoms. The van der Waals surface area contributed by atoms with Gasteiger partial charge in [0, 0.05) is 20.8 Å². The standard InChI is InChI=1S/C15H19N3O8/c1-8(20)23-5-11-13(24-9(2)21)14(25-10(3)22)15(26-11)18-4-12(16-6-18)17-7-19/h4,6-7,11,13-15H,5H2,1-3H3,(H,17,19)/t11-,13-,14-,15-/m1/s1. The van der Waals surface area contributed by atoms with Crippen molar-refractivity contribution < 1.29 is 38.1 Å². The molecule has 0 saturated carbocycles. The summed E-state index contributed by atoms with van der Waals surface area (Å²) in [4.78, 5) is 48.5. The first-order valence-electron chi connectivity index (χ1n) is 7.68. The third-order valence-electron chi connectivity index (χ3n) is 3.44. The number of hydrogen-bond acceptors (Lipinski definition) is 9. The Balaban J connectivity index is 2.30. The molecule has 0 spiro atoms. The van der Waals surface area contributed by atoms with Crippen LogP contribution < -0.4 is 5.32 Å². The van der Waals surface area contributed by atoms with Crippen LogP contribution in [0.1, 0.15) is 27.0 Å². The van der Waals surface area contributed by atoms with Gasteiger partial charge in [-0.2, -0.15) is 0 Å². The second kappa shape index (κ2) is 8.43. The van der Waals surface area contributed by atoms with Gasteiger partial charge in [0.05, 0.1) is 12.5 Å². The zero-order valence-corrected chi connectivity index (χ0v) is 14.4. The van der Waals surface area contributed by atoms with Crippen LogP contribution in [0.4, 0.5) is 5.82 Å². The molecular weight excluding hydrogens is 350 g/mol. The summed E-state index contributed by atoms with van der Waals surface area (Å²) in [5.41, 5.74) is 0. The maximum atomic E-state index is 11.5. The number of amides is 1. The van der Waals surface area contributed by atoms with Gasteiger partial charge in [-0.1, -0.05) is 0 Å². The molecule has 2 rings (SSSR count). The molecule has 1 aliphatic rings. The molecule has 142 valence electrons. The Bertz CT molecular complexity index is 688. The molecular formula is C15H19N3O8. The summed E-state index contributed by atoms with van der Waals surface area (Å²) in [5.74, 6) is -1.51. The number of nitrogens with zero attached hydrogens (tertiary/aromatic N) is 2. The lowest BCUT2D eigenvalue weighted by Gasteiger charge is -2.23. The lowest BCUT2D eigenvalue weighted by Crippen LogP contribution is -2.40. The molecule has 0 unspecified atom stereocenters. The van der Waals surface area contributed by atoms with E-state index in [1.165, 1.54) is 37.9 Å². The topological polar surface area (TPSA) is 135 Å². The van der Waals surface area contributed by atoms with Gasteiger partial charge in [0.1, 0.15) is 12.7 Å². The fourth-order valence-corrected chi connectivity index (χ4v) is 2.54. The minimum Gasteiger partial charge on any atom is -0.463 e. The molecule has 0 aromatic carbocycles. The van der Waals surface area contributed by atoms with Crippen LogP contribution in [0.5, 0.6) is 0 Å². The van der Waals surface area contributed by atoms with Crippen LogP contribution in [0.2, 0.25) is 0 Å². The molecule has 1 aromatic rings. The van der Waals surface area contributed by atoms with Gasteiger partial charge in [-0.3, -0.25) is 19.2 Å². The number of anilines is 1. The van der Waals surface area contributed by atoms with Crippen LogP contribution in [-0.2, 0) is 38.1 Å². The summed E-state index contributed by atoms with van der Waals surface area (Å²) < 4.78 is 22.7. The Kier molecular flexibility index (Phi) is 6.28. The Morgan fingerprint density at radius 2 is 1.85 bits per heavy atom. The molecule has 26 heavy (non-hydrogen) atoms. The van der Waals surface area contributed by atoms with E-state index in [4.69, 9.17) is 18.9 Å². The Hall–Kier alpha value is -2.95. The lowest BCUT2D eigenvalue weighted by atomic mass is 10.1. The van der Waals surface area contributed by atoms with E-state index in [0.29, 0.717) is 6.41 Å². The normalized spacial score (nSPS) is 24.6. The Morgan fingerprint density at radius 3 is 2.42 bits per heavy atom. The summed E-state index contributed by atoms with van der Waals surface area (Å²) in [5, 5.41) is 2.37. The monoisotopic (exact) mass is 369 g/mol. The molecule has 1 aromatic heterocycles. The highest BCUT2D eigenvalue weighted by Gasteiger charge is 2.50. The average Bonchev–Trinajstić information content (AvgIpc) is 3.11. The van der Waals surface area contributed by atoms with Crippen molar-refractivity contribution in [1.29, 1.82) is 0 Å². The van der Waals surface area contributed by atoms with Crippen molar-refractivity contribution in [2.45, 2.75) is 45.3 Å². The van der Waals surface area contributed by atoms with Crippen LogP contribution >= 0.6 is 0 Å². The second-order valence-corrected chi connectivity index (χ2v) is 5.48. The molecule has 2 heterocycles. The van der Waals surface area contributed by atoms with E-state index in [9.17, 15) is 19.2 Å². The van der Waals surface area contributed by atoms with Gasteiger partial charge >= 0.3 is 17.9 Å². The quantitative estimate of drug-likeness (QED) is 0.393. The molecule has 1 amide bonds. The highest BCUT2D eigenvalue weighted by Crippen LogP contribution is 2.34. The van der Waals surface area contributed by atoms with E-state index in [-0.39, 0.29) is 12.4 Å². The predicted octanol–water partition coefficient (Wildman–Crippen LogP) is -0.225. The minimum atomic E-state index is -1.00. The van der Waals surface area contributed by atoms with Crippen molar-refractivity contribution in [2.24, 2.45) is 0 Å². The van der Waals surface area contributed by atoms with Crippen molar-refractivity contribution in [2.75, 3.05) is 11.9 Å². The summed E-state index contributed by atoms with van der Waals surface area (Å²) in [6, 6.07) is 0. The van der Waals surface area contributed by atoms with Gasteiger partial charge in [-0.25, -0.2) is 4.98 Å². The average molecular weight is 369 g/mol.